The summed E-state index contributed by atoms with van der Waals surface area (Å²) >= 11 is 5.75. The third-order valence-corrected chi connectivity index (χ3v) is 5.14. The summed E-state index contributed by atoms with van der Waals surface area (Å²) in [6.07, 6.45) is 0.899. The monoisotopic (exact) mass is 377 g/mol. The van der Waals surface area contributed by atoms with Crippen molar-refractivity contribution in [2.24, 2.45) is 0 Å². The Morgan fingerprint density at radius 3 is 2.65 bits per heavy atom. The van der Waals surface area contributed by atoms with Crippen LogP contribution < -0.4 is 4.74 Å². The number of aromatic nitrogens is 1. The van der Waals surface area contributed by atoms with Crippen molar-refractivity contribution >= 4 is 17.5 Å². The molecule has 1 aliphatic rings. The average Bonchev–Trinajstić information content (AvgIpc) is 3.26. The van der Waals surface area contributed by atoms with Crippen molar-refractivity contribution in [3.63, 3.8) is 0 Å². The lowest BCUT2D eigenvalue weighted by Crippen LogP contribution is -2.35. The lowest BCUT2D eigenvalue weighted by Gasteiger charge is -2.25. The van der Waals surface area contributed by atoms with E-state index in [4.69, 9.17) is 20.9 Å². The van der Waals surface area contributed by atoms with Gasteiger partial charge < -0.3 is 19.1 Å². The van der Waals surface area contributed by atoms with E-state index in [0.717, 1.165) is 12.3 Å². The first-order valence-electron chi connectivity index (χ1n) is 8.67. The van der Waals surface area contributed by atoms with Gasteiger partial charge in [-0.25, -0.2) is 0 Å². The number of likely N-dealkylation sites (tertiary alicyclic amines) is 1. The van der Waals surface area contributed by atoms with Gasteiger partial charge in [-0.05, 0) is 31.8 Å². The number of nitrogens with zero attached hydrogens (tertiary/aromatic N) is 3. The molecule has 2 atom stereocenters. The van der Waals surface area contributed by atoms with E-state index in [9.17, 15) is 4.79 Å². The topological polar surface area (TPSA) is 58.8 Å². The summed E-state index contributed by atoms with van der Waals surface area (Å²) < 4.78 is 10.3. The van der Waals surface area contributed by atoms with Gasteiger partial charge in [0.25, 0.3) is 0 Å². The molecule has 1 aliphatic heterocycles. The third-order valence-electron chi connectivity index (χ3n) is 4.96. The van der Waals surface area contributed by atoms with Crippen LogP contribution in [0.15, 0.2) is 34.9 Å². The maximum absolute atomic E-state index is 12.7. The number of hydrogen-bond acceptors (Lipinski definition) is 5. The van der Waals surface area contributed by atoms with Crippen LogP contribution in [0.2, 0.25) is 5.15 Å². The van der Waals surface area contributed by atoms with Gasteiger partial charge in [0.05, 0.1) is 7.11 Å². The predicted octanol–water partition coefficient (Wildman–Crippen LogP) is 2.83. The molecule has 1 amide bonds. The Kier molecular flexibility index (Phi) is 5.84. The summed E-state index contributed by atoms with van der Waals surface area (Å²) in [6.45, 7) is 1.44. The molecule has 0 N–H and O–H groups in total. The molecule has 1 fully saturated rings. The number of carbonyl (C=O) groups excluding carboxylic acids is 1. The van der Waals surface area contributed by atoms with Crippen molar-refractivity contribution in [2.75, 3.05) is 34.3 Å². The summed E-state index contributed by atoms with van der Waals surface area (Å²) in [7, 11) is 5.78. The number of likely N-dealkylation sites (N-methyl/N-ethyl adjacent to an activating group) is 1. The Morgan fingerprint density at radius 1 is 1.35 bits per heavy atom. The fraction of sp³-hybridized carbons (Fsp3) is 0.474. The zero-order chi connectivity index (χ0) is 18.7. The van der Waals surface area contributed by atoms with Crippen LogP contribution in [0, 0.1) is 0 Å². The third kappa shape index (κ3) is 4.19. The van der Waals surface area contributed by atoms with Crippen molar-refractivity contribution in [3.05, 3.63) is 46.8 Å². The fourth-order valence-corrected chi connectivity index (χ4v) is 3.64. The minimum Gasteiger partial charge on any atom is -0.497 e. The molecule has 26 heavy (non-hydrogen) atoms. The van der Waals surface area contributed by atoms with E-state index in [0.29, 0.717) is 30.3 Å². The molecule has 0 spiro atoms. The number of benzene rings is 1. The normalized spacial score (nSPS) is 20.0. The Bertz CT molecular complexity index is 745. The first-order chi connectivity index (χ1) is 12.5. The molecule has 0 bridgehead atoms. The average molecular weight is 378 g/mol. The first-order valence-corrected chi connectivity index (χ1v) is 9.05. The summed E-state index contributed by atoms with van der Waals surface area (Å²) in [4.78, 5) is 16.8. The Balaban J connectivity index is 1.66. The van der Waals surface area contributed by atoms with Gasteiger partial charge in [-0.2, -0.15) is 0 Å². The molecule has 2 heterocycles. The highest BCUT2D eigenvalue weighted by molar-refractivity contribution is 6.29. The number of methoxy groups -OCH3 is 1. The maximum Gasteiger partial charge on any atom is 0.223 e. The van der Waals surface area contributed by atoms with E-state index < -0.39 is 0 Å². The highest BCUT2D eigenvalue weighted by Gasteiger charge is 2.37. The molecule has 7 heteroatoms. The molecule has 2 aromatic rings. The van der Waals surface area contributed by atoms with Gasteiger partial charge >= 0.3 is 0 Å². The quantitative estimate of drug-likeness (QED) is 0.774. The molecule has 0 saturated carbocycles. The van der Waals surface area contributed by atoms with Crippen LogP contribution in [0.1, 0.15) is 23.7 Å². The second kappa shape index (κ2) is 8.10. The standard InChI is InChI=1S/C19H24ClN3O3/c1-22(2)17-12-23(19(24)9-8-15-10-18(20)21-26-15)11-16(17)13-4-6-14(25-3)7-5-13/h4-7,10,16-17H,8-9,11-12H2,1-3H3. The smallest absolute Gasteiger partial charge is 0.223 e. The van der Waals surface area contributed by atoms with Gasteiger partial charge in [0.1, 0.15) is 11.5 Å². The molecule has 1 aromatic carbocycles. The minimum absolute atomic E-state index is 0.125. The van der Waals surface area contributed by atoms with Crippen LogP contribution in [-0.4, -0.2) is 61.2 Å². The summed E-state index contributed by atoms with van der Waals surface area (Å²) in [5.41, 5.74) is 1.22. The van der Waals surface area contributed by atoms with Gasteiger partial charge in [0.2, 0.25) is 5.91 Å². The Hall–Kier alpha value is -2.05. The van der Waals surface area contributed by atoms with E-state index in [1.807, 2.05) is 17.0 Å². The van der Waals surface area contributed by atoms with Crippen molar-refractivity contribution < 1.29 is 14.1 Å². The first kappa shape index (κ1) is 18.7. The highest BCUT2D eigenvalue weighted by atomic mass is 35.5. The SMILES string of the molecule is COc1ccc(C2CN(C(=O)CCc3cc(Cl)no3)CC2N(C)C)cc1. The van der Waals surface area contributed by atoms with E-state index in [2.05, 4.69) is 36.3 Å². The molecule has 3 rings (SSSR count). The molecular weight excluding hydrogens is 354 g/mol. The van der Waals surface area contributed by atoms with Gasteiger partial charge in [0, 0.05) is 44.0 Å². The summed E-state index contributed by atoms with van der Waals surface area (Å²) in [5, 5.41) is 3.96. The van der Waals surface area contributed by atoms with Crippen LogP contribution in [0.4, 0.5) is 0 Å². The van der Waals surface area contributed by atoms with Gasteiger partial charge in [-0.1, -0.05) is 28.9 Å². The molecule has 0 radical (unpaired) electrons. The molecule has 2 unspecified atom stereocenters. The summed E-state index contributed by atoms with van der Waals surface area (Å²) in [6, 6.07) is 10.1. The zero-order valence-corrected chi connectivity index (χ0v) is 16.1. The maximum atomic E-state index is 12.7. The van der Waals surface area contributed by atoms with Gasteiger partial charge in [-0.3, -0.25) is 4.79 Å². The Morgan fingerprint density at radius 2 is 2.08 bits per heavy atom. The molecule has 1 aromatic heterocycles. The predicted molar refractivity (Wildman–Crippen MR) is 99.6 cm³/mol. The van der Waals surface area contributed by atoms with E-state index in [1.54, 1.807) is 13.2 Å². The van der Waals surface area contributed by atoms with Crippen LogP contribution in [0.5, 0.6) is 5.75 Å². The van der Waals surface area contributed by atoms with E-state index in [1.165, 1.54) is 5.56 Å². The van der Waals surface area contributed by atoms with Crippen molar-refractivity contribution in [1.82, 2.24) is 15.0 Å². The molecule has 0 aliphatic carbocycles. The Labute approximate surface area is 158 Å². The number of carbonyl (C=O) groups is 1. The second-order valence-corrected chi connectivity index (χ2v) is 7.21. The van der Waals surface area contributed by atoms with Crippen LogP contribution in [-0.2, 0) is 11.2 Å². The van der Waals surface area contributed by atoms with Gasteiger partial charge in [0.15, 0.2) is 5.15 Å². The molecule has 1 saturated heterocycles. The van der Waals surface area contributed by atoms with Gasteiger partial charge in [-0.15, -0.1) is 0 Å². The molecule has 140 valence electrons. The van der Waals surface area contributed by atoms with Crippen LogP contribution >= 0.6 is 11.6 Å². The van der Waals surface area contributed by atoms with E-state index in [-0.39, 0.29) is 17.9 Å². The second-order valence-electron chi connectivity index (χ2n) is 6.83. The van der Waals surface area contributed by atoms with E-state index >= 15 is 0 Å². The highest BCUT2D eigenvalue weighted by Crippen LogP contribution is 2.31. The van der Waals surface area contributed by atoms with Crippen molar-refractivity contribution in [3.8, 4) is 5.75 Å². The van der Waals surface area contributed by atoms with Crippen LogP contribution in [0.3, 0.4) is 0 Å². The molecular formula is C19H24ClN3O3. The lowest BCUT2D eigenvalue weighted by molar-refractivity contribution is -0.130. The number of amides is 1. The fourth-order valence-electron chi connectivity index (χ4n) is 3.49. The molecule has 6 nitrogen and oxygen atoms in total. The number of hydrogen-bond donors (Lipinski definition) is 0. The van der Waals surface area contributed by atoms with Crippen molar-refractivity contribution in [2.45, 2.75) is 24.8 Å². The van der Waals surface area contributed by atoms with Crippen molar-refractivity contribution in [1.29, 1.82) is 0 Å². The zero-order valence-electron chi connectivity index (χ0n) is 15.3. The van der Waals surface area contributed by atoms with Crippen LogP contribution in [0.25, 0.3) is 0 Å². The number of halogens is 1. The minimum atomic E-state index is 0.125. The number of rotatable bonds is 6. The number of aryl methyl sites for hydroxylation is 1. The number of ether oxygens (including phenoxy) is 1. The lowest BCUT2D eigenvalue weighted by atomic mass is 9.93. The summed E-state index contributed by atoms with van der Waals surface area (Å²) in [5.74, 6) is 1.88. The largest absolute Gasteiger partial charge is 0.497 e.